The maximum absolute atomic E-state index is 5.92. The van der Waals surface area contributed by atoms with E-state index in [2.05, 4.69) is 23.1 Å². The molecule has 0 radical (unpaired) electrons. The SMILES string of the molecule is Cc1cccc(O[SiH](C)C)c1N=Cc1ccccn1.[H+]. The van der Waals surface area contributed by atoms with Crippen LogP contribution in [0.4, 0.5) is 5.69 Å². The lowest BCUT2D eigenvalue weighted by Crippen LogP contribution is -2.11. The van der Waals surface area contributed by atoms with Gasteiger partial charge >= 0.3 is 1.43 Å². The van der Waals surface area contributed by atoms with E-state index in [0.717, 1.165) is 22.7 Å². The van der Waals surface area contributed by atoms with Crippen LogP contribution in [0.5, 0.6) is 5.75 Å². The van der Waals surface area contributed by atoms with Crippen molar-refractivity contribution >= 4 is 20.9 Å². The van der Waals surface area contributed by atoms with Crippen molar-refractivity contribution in [3.8, 4) is 5.75 Å². The molecular weight excluding hydrogens is 252 g/mol. The number of pyridine rings is 1. The molecular formula is C15H19N2OSi+. The number of aryl methyl sites for hydroxylation is 1. The van der Waals surface area contributed by atoms with Crippen molar-refractivity contribution < 1.29 is 5.85 Å². The fourth-order valence-corrected chi connectivity index (χ4v) is 2.43. The van der Waals surface area contributed by atoms with E-state index in [1.807, 2.05) is 43.3 Å². The Balaban J connectivity index is 0.00000200. The van der Waals surface area contributed by atoms with Crippen molar-refractivity contribution in [2.24, 2.45) is 4.99 Å². The van der Waals surface area contributed by atoms with Gasteiger partial charge in [-0.3, -0.25) is 9.98 Å². The molecule has 19 heavy (non-hydrogen) atoms. The van der Waals surface area contributed by atoms with Crippen LogP contribution in [-0.4, -0.2) is 20.2 Å². The zero-order valence-electron chi connectivity index (χ0n) is 12.5. The summed E-state index contributed by atoms with van der Waals surface area (Å²) in [5.41, 5.74) is 2.85. The molecule has 2 aromatic rings. The van der Waals surface area contributed by atoms with Crippen LogP contribution in [0, 0.1) is 6.92 Å². The number of hydrogen-bond donors (Lipinski definition) is 0. The van der Waals surface area contributed by atoms with E-state index in [-0.39, 0.29) is 1.43 Å². The third-order valence-electron chi connectivity index (χ3n) is 2.58. The minimum atomic E-state index is -1.13. The van der Waals surface area contributed by atoms with Crippen molar-refractivity contribution in [2.45, 2.75) is 20.0 Å². The minimum Gasteiger partial charge on any atom is -0.546 e. The zero-order chi connectivity index (χ0) is 13.7. The fourth-order valence-electron chi connectivity index (χ4n) is 1.73. The molecule has 0 aliphatic heterocycles. The standard InChI is InChI=1S/C15H18N2OSi/c1-12-7-6-9-14(18-19(2)3)15(12)17-11-13-8-4-5-10-16-13/h4-11,19H,1-3H3/p+1. The van der Waals surface area contributed by atoms with Gasteiger partial charge in [-0.25, -0.2) is 0 Å². The van der Waals surface area contributed by atoms with Gasteiger partial charge in [-0.15, -0.1) is 0 Å². The van der Waals surface area contributed by atoms with Crippen molar-refractivity contribution in [3.63, 3.8) is 0 Å². The Kier molecular flexibility index (Phi) is 4.47. The highest BCUT2D eigenvalue weighted by Gasteiger charge is 2.07. The number of nitrogens with zero attached hydrogens (tertiary/aromatic N) is 2. The Morgan fingerprint density at radius 2 is 2.05 bits per heavy atom. The van der Waals surface area contributed by atoms with Crippen molar-refractivity contribution in [2.75, 3.05) is 0 Å². The van der Waals surface area contributed by atoms with Crippen LogP contribution < -0.4 is 4.43 Å². The molecule has 0 unspecified atom stereocenters. The van der Waals surface area contributed by atoms with Crippen molar-refractivity contribution in [1.29, 1.82) is 0 Å². The summed E-state index contributed by atoms with van der Waals surface area (Å²) in [5.74, 6) is 0.869. The molecule has 0 N–H and O–H groups in total. The second-order valence-electron chi connectivity index (χ2n) is 4.60. The zero-order valence-corrected chi connectivity index (χ0v) is 12.7. The molecule has 0 aliphatic rings. The van der Waals surface area contributed by atoms with Gasteiger partial charge in [-0.05, 0) is 43.8 Å². The molecule has 3 nitrogen and oxygen atoms in total. The molecule has 0 fully saturated rings. The summed E-state index contributed by atoms with van der Waals surface area (Å²) in [5, 5.41) is 0. The molecule has 0 atom stereocenters. The van der Waals surface area contributed by atoms with Gasteiger partial charge in [-0.1, -0.05) is 18.2 Å². The molecule has 4 heteroatoms. The van der Waals surface area contributed by atoms with E-state index < -0.39 is 9.04 Å². The van der Waals surface area contributed by atoms with Crippen LogP contribution in [0.2, 0.25) is 13.1 Å². The Morgan fingerprint density at radius 3 is 2.74 bits per heavy atom. The monoisotopic (exact) mass is 271 g/mol. The molecule has 98 valence electrons. The van der Waals surface area contributed by atoms with Crippen LogP contribution in [0.15, 0.2) is 47.6 Å². The molecule has 0 saturated heterocycles. The summed E-state index contributed by atoms with van der Waals surface area (Å²) in [4.78, 5) is 8.77. The highest BCUT2D eigenvalue weighted by molar-refractivity contribution is 6.49. The van der Waals surface area contributed by atoms with Gasteiger partial charge in [0.1, 0.15) is 11.4 Å². The van der Waals surface area contributed by atoms with Crippen LogP contribution in [-0.2, 0) is 0 Å². The topological polar surface area (TPSA) is 34.5 Å². The molecule has 1 heterocycles. The molecule has 0 saturated carbocycles. The first-order chi connectivity index (χ1) is 9.16. The van der Waals surface area contributed by atoms with Gasteiger partial charge in [0.15, 0.2) is 0 Å². The van der Waals surface area contributed by atoms with Gasteiger partial charge < -0.3 is 4.43 Å². The molecule has 2 rings (SSSR count). The highest BCUT2D eigenvalue weighted by Crippen LogP contribution is 2.31. The van der Waals surface area contributed by atoms with Crippen molar-refractivity contribution in [3.05, 3.63) is 53.9 Å². The van der Waals surface area contributed by atoms with Crippen LogP contribution in [0.1, 0.15) is 12.7 Å². The van der Waals surface area contributed by atoms with E-state index >= 15 is 0 Å². The normalized spacial score (nSPS) is 11.2. The number of benzene rings is 1. The molecule has 0 amide bonds. The van der Waals surface area contributed by atoms with Crippen LogP contribution in [0.25, 0.3) is 0 Å². The summed E-state index contributed by atoms with van der Waals surface area (Å²) in [7, 11) is -1.13. The lowest BCUT2D eigenvalue weighted by Gasteiger charge is -2.13. The molecule has 0 spiro atoms. The maximum atomic E-state index is 5.92. The van der Waals surface area contributed by atoms with E-state index in [1.165, 1.54) is 0 Å². The first kappa shape index (κ1) is 13.5. The average molecular weight is 271 g/mol. The number of rotatable bonds is 4. The summed E-state index contributed by atoms with van der Waals surface area (Å²) < 4.78 is 5.92. The average Bonchev–Trinajstić information content (AvgIpc) is 2.38. The number of aliphatic imine (C=N–C) groups is 1. The largest absolute Gasteiger partial charge is 1.00 e. The predicted octanol–water partition coefficient (Wildman–Crippen LogP) is 3.62. The van der Waals surface area contributed by atoms with Gasteiger partial charge in [0, 0.05) is 6.20 Å². The predicted molar refractivity (Wildman–Crippen MR) is 83.3 cm³/mol. The fraction of sp³-hybridized carbons (Fsp3) is 0.200. The van der Waals surface area contributed by atoms with Gasteiger partial charge in [0.25, 0.3) is 0 Å². The smallest absolute Gasteiger partial charge is 0.546 e. The summed E-state index contributed by atoms with van der Waals surface area (Å²) >= 11 is 0. The quantitative estimate of drug-likeness (QED) is 0.629. The minimum absolute atomic E-state index is 0. The van der Waals surface area contributed by atoms with E-state index in [0.29, 0.717) is 0 Å². The van der Waals surface area contributed by atoms with Crippen molar-refractivity contribution in [1.82, 2.24) is 4.98 Å². The molecule has 0 aliphatic carbocycles. The number of hydrogen-bond acceptors (Lipinski definition) is 3. The van der Waals surface area contributed by atoms with E-state index in [1.54, 1.807) is 12.4 Å². The van der Waals surface area contributed by atoms with Gasteiger partial charge in [0.2, 0.25) is 9.04 Å². The van der Waals surface area contributed by atoms with E-state index in [4.69, 9.17) is 4.43 Å². The third kappa shape index (κ3) is 3.76. The molecule has 1 aromatic heterocycles. The number of aromatic nitrogens is 1. The Hall–Kier alpha value is -1.94. The summed E-state index contributed by atoms with van der Waals surface area (Å²) in [6.45, 7) is 6.34. The Morgan fingerprint density at radius 1 is 1.21 bits per heavy atom. The molecule has 0 bridgehead atoms. The van der Waals surface area contributed by atoms with Gasteiger partial charge in [-0.2, -0.15) is 0 Å². The second-order valence-corrected chi connectivity index (χ2v) is 6.93. The Bertz CT molecular complexity index is 573. The first-order valence-electron chi connectivity index (χ1n) is 6.38. The summed E-state index contributed by atoms with van der Waals surface area (Å²) in [6.07, 6.45) is 3.54. The van der Waals surface area contributed by atoms with E-state index in [9.17, 15) is 0 Å². The van der Waals surface area contributed by atoms with Crippen LogP contribution >= 0.6 is 0 Å². The lowest BCUT2D eigenvalue weighted by atomic mass is 10.2. The summed E-state index contributed by atoms with van der Waals surface area (Å²) in [6, 6.07) is 11.8. The molecule has 1 aromatic carbocycles. The first-order valence-corrected chi connectivity index (χ1v) is 9.16. The lowest BCUT2D eigenvalue weighted by molar-refractivity contribution is 0.581. The number of para-hydroxylation sites is 1. The van der Waals surface area contributed by atoms with Gasteiger partial charge in [0.05, 0.1) is 11.9 Å². The Labute approximate surface area is 117 Å². The second kappa shape index (κ2) is 6.29. The maximum Gasteiger partial charge on any atom is 1.00 e. The highest BCUT2D eigenvalue weighted by atomic mass is 28.3. The van der Waals surface area contributed by atoms with Crippen LogP contribution in [0.3, 0.4) is 0 Å². The third-order valence-corrected chi connectivity index (χ3v) is 3.30.